The molecule has 18 heavy (non-hydrogen) atoms. The summed E-state index contributed by atoms with van der Waals surface area (Å²) in [4.78, 5) is 3.22. The van der Waals surface area contributed by atoms with Crippen molar-refractivity contribution in [3.63, 3.8) is 0 Å². The molecule has 4 nitrogen and oxygen atoms in total. The van der Waals surface area contributed by atoms with Gasteiger partial charge >= 0.3 is 0 Å². The maximum absolute atomic E-state index is 6.12. The minimum absolute atomic E-state index is 0.737. The van der Waals surface area contributed by atoms with Crippen LogP contribution in [0.3, 0.4) is 0 Å². The zero-order valence-corrected chi connectivity index (χ0v) is 11.6. The van der Waals surface area contributed by atoms with E-state index in [0.717, 1.165) is 41.3 Å². The molecule has 6 heteroatoms. The first-order valence-electron chi connectivity index (χ1n) is 5.75. The molecule has 96 valence electrons. The second-order valence-corrected chi connectivity index (χ2v) is 5.52. The highest BCUT2D eigenvalue weighted by atomic mass is 35.5. The summed E-state index contributed by atoms with van der Waals surface area (Å²) in [5.74, 6) is 0. The van der Waals surface area contributed by atoms with Crippen molar-refractivity contribution in [1.82, 2.24) is 9.29 Å². The van der Waals surface area contributed by atoms with E-state index in [0.29, 0.717) is 0 Å². The van der Waals surface area contributed by atoms with Crippen molar-refractivity contribution in [3.05, 3.63) is 28.9 Å². The number of halogens is 1. The van der Waals surface area contributed by atoms with Crippen LogP contribution in [-0.2, 0) is 11.3 Å². The first kappa shape index (κ1) is 12.2. The van der Waals surface area contributed by atoms with Crippen LogP contribution in [0.4, 0.5) is 5.69 Å². The number of benzene rings is 1. The highest BCUT2D eigenvalue weighted by Gasteiger charge is 2.19. The summed E-state index contributed by atoms with van der Waals surface area (Å²) < 4.78 is 10.7. The maximum Gasteiger partial charge on any atom is 0.0741 e. The number of fused-ring (bicyclic) bond motifs is 3. The van der Waals surface area contributed by atoms with Crippen LogP contribution in [0.1, 0.15) is 5.56 Å². The zero-order chi connectivity index (χ0) is 12.5. The molecular weight excluding hydrogens is 270 g/mol. The first-order valence-corrected chi connectivity index (χ1v) is 6.90. The van der Waals surface area contributed by atoms with Crippen molar-refractivity contribution in [3.8, 4) is 0 Å². The lowest BCUT2D eigenvalue weighted by atomic mass is 10.1. The van der Waals surface area contributed by atoms with Gasteiger partial charge in [-0.25, -0.2) is 4.31 Å². The normalized spacial score (nSPS) is 15.7. The van der Waals surface area contributed by atoms with E-state index in [4.69, 9.17) is 16.3 Å². The van der Waals surface area contributed by atoms with E-state index in [9.17, 15) is 0 Å². The van der Waals surface area contributed by atoms with Crippen molar-refractivity contribution < 1.29 is 4.74 Å². The number of H-pyrrole nitrogens is 1. The molecule has 0 amide bonds. The minimum Gasteiger partial charge on any atom is -0.383 e. The molecule has 3 rings (SSSR count). The largest absolute Gasteiger partial charge is 0.383 e. The van der Waals surface area contributed by atoms with Crippen LogP contribution in [0.5, 0.6) is 0 Å². The summed E-state index contributed by atoms with van der Waals surface area (Å²) in [6, 6.07) is 4.20. The van der Waals surface area contributed by atoms with Crippen molar-refractivity contribution in [2.75, 3.05) is 25.0 Å². The van der Waals surface area contributed by atoms with Crippen LogP contribution in [0.2, 0.25) is 5.02 Å². The molecule has 1 aromatic heterocycles. The number of nitrogens with one attached hydrogen (secondary N) is 2. The Morgan fingerprint density at radius 3 is 3.22 bits per heavy atom. The highest BCUT2D eigenvalue weighted by molar-refractivity contribution is 7.98. The number of aromatic amines is 1. The van der Waals surface area contributed by atoms with Crippen molar-refractivity contribution in [2.24, 2.45) is 0 Å². The predicted molar refractivity (Wildman–Crippen MR) is 76.8 cm³/mol. The molecular formula is C12H14ClN3OS. The number of aromatic nitrogens is 1. The van der Waals surface area contributed by atoms with E-state index in [1.807, 2.05) is 6.20 Å². The fourth-order valence-corrected chi connectivity index (χ4v) is 3.14. The Labute approximate surface area is 115 Å². The Balaban J connectivity index is 1.91. The van der Waals surface area contributed by atoms with Gasteiger partial charge in [-0.1, -0.05) is 23.7 Å². The molecule has 1 aliphatic heterocycles. The Bertz CT molecular complexity index is 572. The first-order chi connectivity index (χ1) is 8.79. The van der Waals surface area contributed by atoms with Gasteiger partial charge in [0.05, 0.1) is 22.8 Å². The van der Waals surface area contributed by atoms with E-state index in [2.05, 4.69) is 26.1 Å². The smallest absolute Gasteiger partial charge is 0.0741 e. The second kappa shape index (κ2) is 5.01. The van der Waals surface area contributed by atoms with Crippen molar-refractivity contribution >= 4 is 40.3 Å². The number of ether oxygens (including phenoxy) is 1. The molecule has 1 aromatic carbocycles. The molecule has 0 fully saturated rings. The number of methoxy groups -OCH3 is 1. The fourth-order valence-electron chi connectivity index (χ4n) is 2.11. The molecule has 0 unspecified atom stereocenters. The van der Waals surface area contributed by atoms with Gasteiger partial charge in [-0.15, -0.1) is 0 Å². The summed E-state index contributed by atoms with van der Waals surface area (Å²) in [6.07, 6.45) is 1.83. The molecule has 1 aliphatic rings. The van der Waals surface area contributed by atoms with Gasteiger partial charge in [0.2, 0.25) is 0 Å². The topological polar surface area (TPSA) is 40.3 Å². The predicted octanol–water partition coefficient (Wildman–Crippen LogP) is 3.26. The van der Waals surface area contributed by atoms with Gasteiger partial charge in [-0.3, -0.25) is 0 Å². The van der Waals surface area contributed by atoms with E-state index >= 15 is 0 Å². The third-order valence-corrected chi connectivity index (χ3v) is 4.24. The summed E-state index contributed by atoms with van der Waals surface area (Å²) in [5, 5.41) is 1.83. The lowest BCUT2D eigenvalue weighted by Gasteiger charge is -2.28. The quantitative estimate of drug-likeness (QED) is 0.849. The lowest BCUT2D eigenvalue weighted by Crippen LogP contribution is -2.25. The van der Waals surface area contributed by atoms with Gasteiger partial charge in [0, 0.05) is 43.9 Å². The van der Waals surface area contributed by atoms with E-state index in [-0.39, 0.29) is 0 Å². The van der Waals surface area contributed by atoms with E-state index in [1.165, 1.54) is 5.56 Å². The Morgan fingerprint density at radius 1 is 1.50 bits per heavy atom. The van der Waals surface area contributed by atoms with Crippen LogP contribution >= 0.6 is 23.7 Å². The fraction of sp³-hybridized carbons (Fsp3) is 0.333. The Kier molecular flexibility index (Phi) is 3.39. The Morgan fingerprint density at radius 2 is 2.39 bits per heavy atom. The molecule has 0 spiro atoms. The zero-order valence-electron chi connectivity index (χ0n) is 10.00. The molecule has 0 bridgehead atoms. The van der Waals surface area contributed by atoms with Gasteiger partial charge in [0.1, 0.15) is 0 Å². The van der Waals surface area contributed by atoms with Gasteiger partial charge in [0.25, 0.3) is 0 Å². The summed E-state index contributed by atoms with van der Waals surface area (Å²) >= 11 is 7.73. The minimum atomic E-state index is 0.737. The summed E-state index contributed by atoms with van der Waals surface area (Å²) in [7, 11) is 1.72. The third kappa shape index (κ3) is 2.07. The van der Waals surface area contributed by atoms with Crippen LogP contribution in [0, 0.1) is 0 Å². The van der Waals surface area contributed by atoms with E-state index < -0.39 is 0 Å². The summed E-state index contributed by atoms with van der Waals surface area (Å²) in [5.41, 5.74) is 3.49. The van der Waals surface area contributed by atoms with Gasteiger partial charge in [-0.05, 0) is 5.56 Å². The number of nitrogens with zero attached hydrogens (tertiary/aromatic N) is 1. The van der Waals surface area contributed by atoms with Gasteiger partial charge in [0.15, 0.2) is 0 Å². The van der Waals surface area contributed by atoms with Crippen molar-refractivity contribution in [2.45, 2.75) is 6.54 Å². The Hall–Kier alpha value is -0.880. The lowest BCUT2D eigenvalue weighted by molar-refractivity contribution is 0.181. The highest BCUT2D eigenvalue weighted by Crippen LogP contribution is 2.37. The third-order valence-electron chi connectivity index (χ3n) is 3.06. The second-order valence-electron chi connectivity index (χ2n) is 4.21. The molecule has 0 radical (unpaired) electrons. The molecule has 0 atom stereocenters. The SMILES string of the molecule is COCCN1Cc2ccc3c(Cl)c[nH]c3c2NS1. The summed E-state index contributed by atoms with van der Waals surface area (Å²) in [6.45, 7) is 2.54. The molecule has 0 aliphatic carbocycles. The maximum atomic E-state index is 6.12. The van der Waals surface area contributed by atoms with Gasteiger partial charge < -0.3 is 14.4 Å². The van der Waals surface area contributed by atoms with Crippen LogP contribution < -0.4 is 4.72 Å². The number of hydrogen-bond donors (Lipinski definition) is 2. The monoisotopic (exact) mass is 283 g/mol. The van der Waals surface area contributed by atoms with E-state index in [1.54, 1.807) is 19.2 Å². The molecule has 2 aromatic rings. The number of rotatable bonds is 3. The standard InChI is InChI=1S/C12H14ClN3OS/c1-17-5-4-16-7-8-2-3-9-10(13)6-14-12(9)11(8)15-18-16/h2-3,6,14-15H,4-5,7H2,1H3. The average Bonchev–Trinajstić information content (AvgIpc) is 2.78. The molecule has 0 saturated heterocycles. The number of anilines is 1. The molecule has 0 saturated carbocycles. The van der Waals surface area contributed by atoms with Crippen LogP contribution in [0.25, 0.3) is 10.9 Å². The van der Waals surface area contributed by atoms with Gasteiger partial charge in [-0.2, -0.15) is 0 Å². The van der Waals surface area contributed by atoms with Crippen LogP contribution in [0.15, 0.2) is 18.3 Å². The van der Waals surface area contributed by atoms with Crippen molar-refractivity contribution in [1.29, 1.82) is 0 Å². The number of hydrogen-bond acceptors (Lipinski definition) is 4. The van der Waals surface area contributed by atoms with Crippen LogP contribution in [-0.4, -0.2) is 29.6 Å². The molecule has 2 heterocycles. The average molecular weight is 284 g/mol. The molecule has 2 N–H and O–H groups in total.